The van der Waals surface area contributed by atoms with Crippen LogP contribution in [0, 0.1) is 0 Å². The summed E-state index contributed by atoms with van der Waals surface area (Å²) in [5.41, 5.74) is 0. The Bertz CT molecular complexity index is 201. The van der Waals surface area contributed by atoms with Crippen LogP contribution in [0.4, 0.5) is 4.79 Å². The van der Waals surface area contributed by atoms with Crippen molar-refractivity contribution < 1.29 is 9.53 Å². The summed E-state index contributed by atoms with van der Waals surface area (Å²) in [6, 6.07) is 0. The van der Waals surface area contributed by atoms with Gasteiger partial charge in [-0.15, -0.1) is 0 Å². The second kappa shape index (κ2) is 3.56. The molecule has 0 aliphatic carbocycles. The predicted molar refractivity (Wildman–Crippen MR) is 46.3 cm³/mol. The van der Waals surface area contributed by atoms with E-state index in [1.54, 1.807) is 11.1 Å². The molecule has 0 radical (unpaired) electrons. The van der Waals surface area contributed by atoms with Crippen molar-refractivity contribution in [2.45, 2.75) is 33.0 Å². The van der Waals surface area contributed by atoms with E-state index in [-0.39, 0.29) is 18.4 Å². The lowest BCUT2D eigenvalue weighted by molar-refractivity contribution is 0.0753. The van der Waals surface area contributed by atoms with E-state index in [0.717, 1.165) is 0 Å². The Morgan fingerprint density at radius 3 is 2.83 bits per heavy atom. The molecule has 0 aromatic heterocycles. The summed E-state index contributed by atoms with van der Waals surface area (Å²) in [6.07, 6.45) is 1.31. The lowest BCUT2D eigenvalue weighted by atomic mass is 10.5. The molecule has 1 heterocycles. The maximum Gasteiger partial charge on any atom is 0.412 e. The summed E-state index contributed by atoms with van der Waals surface area (Å²) in [7, 11) is 0. The molecule has 1 unspecified atom stereocenters. The minimum absolute atomic E-state index is 0.0645. The molecule has 1 atom stereocenters. The number of carbonyl (C=O) groups is 1. The Balaban J connectivity index is 2.43. The van der Waals surface area contributed by atoms with Gasteiger partial charge in [0.1, 0.15) is 6.17 Å². The molecule has 0 aromatic carbocycles. The van der Waals surface area contributed by atoms with Gasteiger partial charge in [-0.2, -0.15) is 0 Å². The van der Waals surface area contributed by atoms with Crippen molar-refractivity contribution in [1.82, 2.24) is 4.90 Å². The monoisotopic (exact) mass is 170 g/mol. The second-order valence-corrected chi connectivity index (χ2v) is 3.05. The summed E-state index contributed by atoms with van der Waals surface area (Å²) in [5.74, 6) is 0. The third kappa shape index (κ3) is 1.96. The molecule has 4 nitrogen and oxygen atoms in total. The number of rotatable bonds is 1. The van der Waals surface area contributed by atoms with Gasteiger partial charge < -0.3 is 4.74 Å². The summed E-state index contributed by atoms with van der Waals surface area (Å²) >= 11 is 0. The van der Waals surface area contributed by atoms with Gasteiger partial charge in [-0.3, -0.25) is 9.89 Å². The minimum atomic E-state index is -0.282. The van der Waals surface area contributed by atoms with Crippen molar-refractivity contribution in [1.29, 1.82) is 0 Å². The molecule has 1 rings (SSSR count). The van der Waals surface area contributed by atoms with Crippen LogP contribution in [0.3, 0.4) is 0 Å². The maximum atomic E-state index is 11.3. The molecular weight excluding hydrogens is 156 g/mol. The van der Waals surface area contributed by atoms with Crippen LogP contribution in [-0.2, 0) is 4.74 Å². The maximum absolute atomic E-state index is 11.3. The Kier molecular flexibility index (Phi) is 2.68. The average molecular weight is 170 g/mol. The normalized spacial score (nSPS) is 22.0. The lowest BCUT2D eigenvalue weighted by Gasteiger charge is -2.20. The lowest BCUT2D eigenvalue weighted by Crippen LogP contribution is -2.36. The van der Waals surface area contributed by atoms with Gasteiger partial charge in [0, 0.05) is 6.21 Å². The first-order chi connectivity index (χ1) is 5.61. The molecule has 68 valence electrons. The first-order valence-corrected chi connectivity index (χ1v) is 4.10. The van der Waals surface area contributed by atoms with Gasteiger partial charge in [-0.25, -0.2) is 4.79 Å². The number of amides is 1. The molecule has 12 heavy (non-hydrogen) atoms. The fraction of sp³-hybridized carbons (Fsp3) is 0.750. The molecule has 0 aromatic rings. The zero-order chi connectivity index (χ0) is 9.14. The first kappa shape index (κ1) is 9.03. The smallest absolute Gasteiger partial charge is 0.412 e. The topological polar surface area (TPSA) is 41.9 Å². The van der Waals surface area contributed by atoms with Gasteiger partial charge >= 0.3 is 6.09 Å². The molecule has 1 aliphatic rings. The molecule has 1 amide bonds. The van der Waals surface area contributed by atoms with E-state index in [2.05, 4.69) is 4.99 Å². The fourth-order valence-electron chi connectivity index (χ4n) is 1.02. The van der Waals surface area contributed by atoms with Crippen molar-refractivity contribution >= 4 is 12.3 Å². The Morgan fingerprint density at radius 2 is 2.42 bits per heavy atom. The highest BCUT2D eigenvalue weighted by molar-refractivity contribution is 5.75. The largest absolute Gasteiger partial charge is 0.447 e. The van der Waals surface area contributed by atoms with Gasteiger partial charge in [-0.1, -0.05) is 0 Å². The van der Waals surface area contributed by atoms with Crippen molar-refractivity contribution in [3.05, 3.63) is 0 Å². The van der Waals surface area contributed by atoms with Crippen LogP contribution in [0.1, 0.15) is 20.8 Å². The molecule has 0 fully saturated rings. The highest BCUT2D eigenvalue weighted by Gasteiger charge is 2.23. The number of aliphatic imine (C=N–C) groups is 1. The van der Waals surface area contributed by atoms with E-state index in [0.29, 0.717) is 6.54 Å². The minimum Gasteiger partial charge on any atom is -0.447 e. The highest BCUT2D eigenvalue weighted by atomic mass is 16.6. The van der Waals surface area contributed by atoms with E-state index < -0.39 is 0 Å². The fourth-order valence-corrected chi connectivity index (χ4v) is 1.02. The average Bonchev–Trinajstić information content (AvgIpc) is 2.33. The van der Waals surface area contributed by atoms with Crippen LogP contribution in [-0.4, -0.2) is 36.0 Å². The third-order valence-electron chi connectivity index (χ3n) is 1.62. The van der Waals surface area contributed by atoms with Crippen LogP contribution in [0.2, 0.25) is 0 Å². The summed E-state index contributed by atoms with van der Waals surface area (Å²) in [4.78, 5) is 16.9. The van der Waals surface area contributed by atoms with Gasteiger partial charge in [0.25, 0.3) is 0 Å². The van der Waals surface area contributed by atoms with Crippen molar-refractivity contribution in [3.63, 3.8) is 0 Å². The summed E-state index contributed by atoms with van der Waals surface area (Å²) in [5, 5.41) is 0. The molecule has 1 aliphatic heterocycles. The van der Waals surface area contributed by atoms with Crippen LogP contribution in [0.25, 0.3) is 0 Å². The zero-order valence-corrected chi connectivity index (χ0v) is 7.65. The number of nitrogens with zero attached hydrogens (tertiary/aromatic N) is 2. The van der Waals surface area contributed by atoms with E-state index in [1.807, 2.05) is 20.8 Å². The van der Waals surface area contributed by atoms with Gasteiger partial charge in [0.2, 0.25) is 0 Å². The number of carbonyl (C=O) groups excluding carboxylic acids is 1. The number of hydrogen-bond donors (Lipinski definition) is 0. The highest BCUT2D eigenvalue weighted by Crippen LogP contribution is 2.08. The third-order valence-corrected chi connectivity index (χ3v) is 1.62. The number of ether oxygens (including phenoxy) is 1. The van der Waals surface area contributed by atoms with Crippen LogP contribution >= 0.6 is 0 Å². The predicted octanol–water partition coefficient (Wildman–Crippen LogP) is 1.26. The second-order valence-electron chi connectivity index (χ2n) is 3.05. The Labute approximate surface area is 72.2 Å². The van der Waals surface area contributed by atoms with Crippen LogP contribution in [0.15, 0.2) is 4.99 Å². The molecule has 0 N–H and O–H groups in total. The quantitative estimate of drug-likeness (QED) is 0.594. The number of hydrogen-bond acceptors (Lipinski definition) is 3. The summed E-state index contributed by atoms with van der Waals surface area (Å²) < 4.78 is 5.01. The molecule has 0 saturated heterocycles. The SMILES string of the molecule is CC(C)OC(=O)N1CC=NC1C. The van der Waals surface area contributed by atoms with E-state index in [4.69, 9.17) is 4.74 Å². The van der Waals surface area contributed by atoms with Gasteiger partial charge in [-0.05, 0) is 20.8 Å². The zero-order valence-electron chi connectivity index (χ0n) is 7.65. The first-order valence-electron chi connectivity index (χ1n) is 4.10. The van der Waals surface area contributed by atoms with E-state index in [9.17, 15) is 4.79 Å². The van der Waals surface area contributed by atoms with Crippen molar-refractivity contribution in [2.75, 3.05) is 6.54 Å². The standard InChI is InChI=1S/C8H14N2O2/c1-6(2)12-8(11)10-5-4-9-7(10)3/h4,6-7H,5H2,1-3H3. The molecule has 0 bridgehead atoms. The Hall–Kier alpha value is -1.06. The Morgan fingerprint density at radius 1 is 1.75 bits per heavy atom. The van der Waals surface area contributed by atoms with E-state index in [1.165, 1.54) is 0 Å². The molecular formula is C8H14N2O2. The molecule has 0 spiro atoms. The van der Waals surface area contributed by atoms with Crippen LogP contribution in [0.5, 0.6) is 0 Å². The van der Waals surface area contributed by atoms with Gasteiger partial charge in [0.15, 0.2) is 0 Å². The van der Waals surface area contributed by atoms with Gasteiger partial charge in [0.05, 0.1) is 12.6 Å². The van der Waals surface area contributed by atoms with Crippen molar-refractivity contribution in [2.24, 2.45) is 4.99 Å². The van der Waals surface area contributed by atoms with Crippen LogP contribution < -0.4 is 0 Å². The molecule has 0 saturated carbocycles. The summed E-state index contributed by atoms with van der Waals surface area (Å²) in [6.45, 7) is 6.09. The van der Waals surface area contributed by atoms with Crippen molar-refractivity contribution in [3.8, 4) is 0 Å². The van der Waals surface area contributed by atoms with E-state index >= 15 is 0 Å². The molecule has 4 heteroatoms.